The second-order valence-corrected chi connectivity index (χ2v) is 9.94. The lowest BCUT2D eigenvalue weighted by Crippen LogP contribution is -2.29. The Morgan fingerprint density at radius 3 is 2.41 bits per heavy atom. The van der Waals surface area contributed by atoms with Crippen molar-refractivity contribution >= 4 is 33.4 Å². The van der Waals surface area contributed by atoms with Crippen LogP contribution in [0.2, 0.25) is 0 Å². The quantitative estimate of drug-likeness (QED) is 0.498. The molecule has 172 valence electrons. The summed E-state index contributed by atoms with van der Waals surface area (Å²) in [5.74, 6) is -1.87. The number of aromatic nitrogens is 1. The van der Waals surface area contributed by atoms with Crippen LogP contribution in [0.5, 0.6) is 5.75 Å². The Kier molecular flexibility index (Phi) is 6.22. The molecule has 0 bridgehead atoms. The molecule has 9 heteroatoms. The van der Waals surface area contributed by atoms with Crippen molar-refractivity contribution in [3.05, 3.63) is 59.3 Å². The van der Waals surface area contributed by atoms with Gasteiger partial charge in [-0.1, -0.05) is 6.07 Å². The van der Waals surface area contributed by atoms with E-state index >= 15 is 0 Å². The summed E-state index contributed by atoms with van der Waals surface area (Å²) in [6.45, 7) is 2.99. The largest absolute Gasteiger partial charge is 0.379 e. The zero-order chi connectivity index (χ0) is 21.8. The van der Waals surface area contributed by atoms with E-state index in [2.05, 4.69) is 16.5 Å². The second-order valence-electron chi connectivity index (χ2n) is 8.46. The molecule has 3 heterocycles. The van der Waals surface area contributed by atoms with E-state index in [1.54, 1.807) is 12.1 Å². The highest BCUT2D eigenvalue weighted by Crippen LogP contribution is 2.41. The third-order valence-electron chi connectivity index (χ3n) is 6.48. The molecule has 1 saturated heterocycles. The molecule has 0 N–H and O–H groups in total. The summed E-state index contributed by atoms with van der Waals surface area (Å²) >= 11 is 0. The maximum atomic E-state index is 14.0. The van der Waals surface area contributed by atoms with Gasteiger partial charge >= 0.3 is 10.1 Å². The zero-order valence-corrected chi connectivity index (χ0v) is 19.3. The van der Waals surface area contributed by atoms with Crippen LogP contribution in [0.25, 0.3) is 10.9 Å². The Labute approximate surface area is 192 Å². The van der Waals surface area contributed by atoms with Crippen LogP contribution < -0.4 is 4.18 Å². The first-order valence-corrected chi connectivity index (χ1v) is 12.0. The molecule has 2 aromatic carbocycles. The third kappa shape index (κ3) is 3.89. The minimum absolute atomic E-state index is 0. The lowest BCUT2D eigenvalue weighted by molar-refractivity contribution is 0.255. The van der Waals surface area contributed by atoms with Crippen molar-refractivity contribution in [3.8, 4) is 5.75 Å². The van der Waals surface area contributed by atoms with Crippen LogP contribution in [0.4, 0.5) is 8.78 Å². The molecule has 5 rings (SSSR count). The smallest absolute Gasteiger partial charge is 0.345 e. The monoisotopic (exact) mass is 482 g/mol. The average Bonchev–Trinajstić information content (AvgIpc) is 3.29. The summed E-state index contributed by atoms with van der Waals surface area (Å²) < 4.78 is 60.9. The minimum Gasteiger partial charge on any atom is -0.379 e. The fourth-order valence-electron chi connectivity index (χ4n) is 5.04. The topological polar surface area (TPSA) is 51.5 Å². The Bertz CT molecular complexity index is 1250. The van der Waals surface area contributed by atoms with Gasteiger partial charge in [-0.3, -0.25) is 0 Å². The van der Waals surface area contributed by atoms with Gasteiger partial charge in [0.2, 0.25) is 0 Å². The highest BCUT2D eigenvalue weighted by atomic mass is 35.5. The van der Waals surface area contributed by atoms with Gasteiger partial charge in [-0.25, -0.2) is 8.78 Å². The van der Waals surface area contributed by atoms with Crippen molar-refractivity contribution in [2.45, 2.75) is 43.0 Å². The molecule has 0 saturated carbocycles. The van der Waals surface area contributed by atoms with Crippen molar-refractivity contribution in [3.63, 3.8) is 0 Å². The van der Waals surface area contributed by atoms with Crippen molar-refractivity contribution in [1.29, 1.82) is 0 Å². The predicted molar refractivity (Wildman–Crippen MR) is 121 cm³/mol. The molecule has 0 aliphatic carbocycles. The van der Waals surface area contributed by atoms with Crippen LogP contribution in [0.15, 0.2) is 41.3 Å². The molecule has 0 atom stereocenters. The fourth-order valence-corrected chi connectivity index (χ4v) is 6.09. The first-order chi connectivity index (χ1) is 14.8. The van der Waals surface area contributed by atoms with Gasteiger partial charge in [-0.05, 0) is 87.6 Å². The Morgan fingerprint density at radius 2 is 1.72 bits per heavy atom. The molecular formula is C23H25ClF2N2O3S. The Balaban J connectivity index is 0.00000245. The third-order valence-corrected chi connectivity index (χ3v) is 7.78. The number of aryl methyl sites for hydroxylation is 1. The van der Waals surface area contributed by atoms with E-state index in [1.165, 1.54) is 11.3 Å². The van der Waals surface area contributed by atoms with Gasteiger partial charge in [0.1, 0.15) is 17.4 Å². The number of hydrogen-bond acceptors (Lipinski definition) is 4. The molecule has 1 fully saturated rings. The van der Waals surface area contributed by atoms with Crippen LogP contribution >= 0.6 is 12.4 Å². The van der Waals surface area contributed by atoms with Gasteiger partial charge in [0.25, 0.3) is 0 Å². The number of piperidine rings is 1. The molecular weight excluding hydrogens is 458 g/mol. The van der Waals surface area contributed by atoms with Crippen molar-refractivity contribution in [2.24, 2.45) is 0 Å². The first-order valence-electron chi connectivity index (χ1n) is 10.6. The summed E-state index contributed by atoms with van der Waals surface area (Å²) in [6.07, 6.45) is 4.20. The summed E-state index contributed by atoms with van der Waals surface area (Å²) in [7, 11) is -2.52. The number of halogens is 3. The predicted octanol–water partition coefficient (Wildman–Crippen LogP) is 4.86. The lowest BCUT2D eigenvalue weighted by Gasteiger charge is -2.29. The van der Waals surface area contributed by atoms with Gasteiger partial charge in [0.05, 0.1) is 0 Å². The molecule has 0 spiro atoms. The van der Waals surface area contributed by atoms with Crippen LogP contribution in [-0.4, -0.2) is 38.0 Å². The van der Waals surface area contributed by atoms with Gasteiger partial charge in [-0.2, -0.15) is 8.42 Å². The summed E-state index contributed by atoms with van der Waals surface area (Å²) in [6, 6.07) is 8.04. The minimum atomic E-state index is -4.65. The van der Waals surface area contributed by atoms with Crippen molar-refractivity contribution in [1.82, 2.24) is 9.47 Å². The van der Waals surface area contributed by atoms with Crippen molar-refractivity contribution in [2.75, 3.05) is 20.1 Å². The van der Waals surface area contributed by atoms with Gasteiger partial charge < -0.3 is 13.7 Å². The molecule has 5 nitrogen and oxygen atoms in total. The van der Waals surface area contributed by atoms with E-state index in [-0.39, 0.29) is 18.2 Å². The summed E-state index contributed by atoms with van der Waals surface area (Å²) in [4.78, 5) is 1.25. The van der Waals surface area contributed by atoms with E-state index in [9.17, 15) is 17.2 Å². The first kappa shape index (κ1) is 23.0. The van der Waals surface area contributed by atoms with E-state index in [0.29, 0.717) is 5.92 Å². The molecule has 2 aliphatic heterocycles. The average molecular weight is 483 g/mol. The van der Waals surface area contributed by atoms with Crippen LogP contribution in [-0.2, 0) is 23.1 Å². The van der Waals surface area contributed by atoms with Gasteiger partial charge in [0, 0.05) is 23.1 Å². The van der Waals surface area contributed by atoms with Crippen LogP contribution in [0.1, 0.15) is 36.4 Å². The second kappa shape index (κ2) is 8.65. The number of benzene rings is 2. The highest BCUT2D eigenvalue weighted by molar-refractivity contribution is 7.87. The number of nitrogens with zero attached hydrogens (tertiary/aromatic N) is 2. The molecule has 0 amide bonds. The lowest BCUT2D eigenvalue weighted by atomic mass is 9.87. The van der Waals surface area contributed by atoms with E-state index in [0.717, 1.165) is 74.4 Å². The highest BCUT2D eigenvalue weighted by Gasteiger charge is 2.30. The van der Waals surface area contributed by atoms with E-state index < -0.39 is 26.6 Å². The van der Waals surface area contributed by atoms with E-state index in [1.807, 2.05) is 6.07 Å². The Morgan fingerprint density at radius 1 is 1.03 bits per heavy atom. The Hall–Kier alpha value is -2.16. The summed E-state index contributed by atoms with van der Waals surface area (Å²) in [5, 5.41) is 0.978. The zero-order valence-electron chi connectivity index (χ0n) is 17.7. The number of hydrogen-bond donors (Lipinski definition) is 0. The number of rotatable bonds is 4. The molecule has 3 aromatic rings. The molecule has 0 unspecified atom stereocenters. The number of fused-ring (bicyclic) bond motifs is 3. The normalized spacial score (nSPS) is 17.3. The van der Waals surface area contributed by atoms with Crippen LogP contribution in [0, 0.1) is 11.6 Å². The van der Waals surface area contributed by atoms with Crippen LogP contribution in [0.3, 0.4) is 0 Å². The van der Waals surface area contributed by atoms with Crippen molar-refractivity contribution < 1.29 is 21.4 Å². The maximum absolute atomic E-state index is 14.0. The molecule has 0 radical (unpaired) electrons. The maximum Gasteiger partial charge on any atom is 0.345 e. The molecule has 32 heavy (non-hydrogen) atoms. The molecule has 2 aliphatic rings. The van der Waals surface area contributed by atoms with Gasteiger partial charge in [-0.15, -0.1) is 12.4 Å². The van der Waals surface area contributed by atoms with Gasteiger partial charge in [0.15, 0.2) is 4.90 Å². The standard InChI is InChI=1S/C23H24F2N2O3S.ClH/c1-26-12-9-15(10-13-26)22-17-14-16(7-8-20(17)27-11-3-6-21(22)27)30-31(28,29)23-18(24)4-2-5-19(23)25;/h2,4-5,7-8,14-15H,3,6,9-13H2,1H3;1H. The molecule has 1 aromatic heterocycles. The number of likely N-dealkylation sites (tertiary alicyclic amines) is 1. The fraction of sp³-hybridized carbons (Fsp3) is 0.391. The SMILES string of the molecule is CN1CCC(c2c3n(c4ccc(OS(=O)(=O)c5c(F)cccc5F)cc24)CCC3)CC1.Cl. The van der Waals surface area contributed by atoms with E-state index in [4.69, 9.17) is 4.18 Å². The summed E-state index contributed by atoms with van der Waals surface area (Å²) in [5.41, 5.74) is 3.66.